The second-order valence-electron chi connectivity index (χ2n) is 4.78. The van der Waals surface area contributed by atoms with Gasteiger partial charge in [0.05, 0.1) is 6.04 Å². The Balaban J connectivity index is 2.09. The fourth-order valence-electron chi connectivity index (χ4n) is 2.63. The van der Waals surface area contributed by atoms with Crippen LogP contribution >= 0.6 is 11.3 Å². The average Bonchev–Trinajstić information content (AvgIpc) is 2.90. The fourth-order valence-corrected chi connectivity index (χ4v) is 3.70. The van der Waals surface area contributed by atoms with Gasteiger partial charge in [-0.25, -0.2) is 0 Å². The van der Waals surface area contributed by atoms with Crippen molar-refractivity contribution < 1.29 is 0 Å². The summed E-state index contributed by atoms with van der Waals surface area (Å²) in [6.07, 6.45) is 2.65. The normalized spacial score (nSPS) is 23.8. The molecule has 0 amide bonds. The Bertz CT molecular complexity index is 334. The minimum Gasteiger partial charge on any atom is -0.329 e. The Labute approximate surface area is 102 Å². The maximum Gasteiger partial charge on any atom is 0.0567 e. The van der Waals surface area contributed by atoms with Gasteiger partial charge in [0, 0.05) is 18.0 Å². The molecule has 0 radical (unpaired) electrons. The fraction of sp³-hybridized carbons (Fsp3) is 0.692. The van der Waals surface area contributed by atoms with Crippen LogP contribution in [0.1, 0.15) is 36.2 Å². The first-order valence-electron chi connectivity index (χ1n) is 6.24. The average molecular weight is 238 g/mol. The summed E-state index contributed by atoms with van der Waals surface area (Å²) >= 11 is 1.86. The second kappa shape index (κ2) is 5.30. The third kappa shape index (κ3) is 2.31. The quantitative estimate of drug-likeness (QED) is 0.874. The van der Waals surface area contributed by atoms with Crippen LogP contribution in [0.25, 0.3) is 0 Å². The van der Waals surface area contributed by atoms with E-state index in [0.717, 1.165) is 12.5 Å². The molecule has 1 aromatic rings. The molecule has 1 aromatic heterocycles. The van der Waals surface area contributed by atoms with Crippen molar-refractivity contribution >= 4 is 11.3 Å². The first kappa shape index (κ1) is 12.1. The SMILES string of the molecule is CCC1CCN(C(CN)c2sccc2C)C1. The molecule has 2 N–H and O–H groups in total. The van der Waals surface area contributed by atoms with E-state index in [2.05, 4.69) is 30.2 Å². The van der Waals surface area contributed by atoms with Crippen molar-refractivity contribution in [3.8, 4) is 0 Å². The largest absolute Gasteiger partial charge is 0.329 e. The van der Waals surface area contributed by atoms with Gasteiger partial charge >= 0.3 is 0 Å². The van der Waals surface area contributed by atoms with Crippen LogP contribution in [-0.2, 0) is 0 Å². The molecule has 0 aliphatic carbocycles. The lowest BCUT2D eigenvalue weighted by Gasteiger charge is -2.26. The van der Waals surface area contributed by atoms with Crippen molar-refractivity contribution in [2.24, 2.45) is 11.7 Å². The van der Waals surface area contributed by atoms with E-state index in [9.17, 15) is 0 Å². The Morgan fingerprint density at radius 2 is 2.44 bits per heavy atom. The van der Waals surface area contributed by atoms with Crippen molar-refractivity contribution in [2.45, 2.75) is 32.7 Å². The molecule has 1 fully saturated rings. The van der Waals surface area contributed by atoms with E-state index in [-0.39, 0.29) is 0 Å². The smallest absolute Gasteiger partial charge is 0.0567 e. The van der Waals surface area contributed by atoms with E-state index < -0.39 is 0 Å². The Morgan fingerprint density at radius 1 is 1.62 bits per heavy atom. The lowest BCUT2D eigenvalue weighted by molar-refractivity contribution is 0.243. The van der Waals surface area contributed by atoms with Crippen LogP contribution < -0.4 is 5.73 Å². The Hall–Kier alpha value is -0.380. The zero-order chi connectivity index (χ0) is 11.5. The molecule has 2 heterocycles. The summed E-state index contributed by atoms with van der Waals surface area (Å²) in [6.45, 7) is 7.69. The highest BCUT2D eigenvalue weighted by molar-refractivity contribution is 7.10. The van der Waals surface area contributed by atoms with Gasteiger partial charge in [-0.15, -0.1) is 11.3 Å². The van der Waals surface area contributed by atoms with Crippen LogP contribution in [0.2, 0.25) is 0 Å². The molecule has 2 unspecified atom stereocenters. The highest BCUT2D eigenvalue weighted by Crippen LogP contribution is 2.32. The lowest BCUT2D eigenvalue weighted by atomic mass is 10.1. The van der Waals surface area contributed by atoms with Crippen LogP contribution in [0.4, 0.5) is 0 Å². The van der Waals surface area contributed by atoms with Crippen LogP contribution in [0, 0.1) is 12.8 Å². The van der Waals surface area contributed by atoms with Crippen LogP contribution in [-0.4, -0.2) is 24.5 Å². The van der Waals surface area contributed by atoms with Crippen molar-refractivity contribution in [3.63, 3.8) is 0 Å². The second-order valence-corrected chi connectivity index (χ2v) is 5.72. The summed E-state index contributed by atoms with van der Waals surface area (Å²) in [5, 5.41) is 2.18. The molecule has 2 atom stereocenters. The van der Waals surface area contributed by atoms with Gasteiger partial charge in [0.1, 0.15) is 0 Å². The zero-order valence-electron chi connectivity index (χ0n) is 10.3. The van der Waals surface area contributed by atoms with Crippen molar-refractivity contribution in [1.29, 1.82) is 0 Å². The predicted octanol–water partition coefficient (Wildman–Crippen LogP) is 2.79. The molecule has 0 aromatic carbocycles. The van der Waals surface area contributed by atoms with Crippen LogP contribution in [0.5, 0.6) is 0 Å². The zero-order valence-corrected chi connectivity index (χ0v) is 11.1. The molecule has 0 bridgehead atoms. The first-order chi connectivity index (χ1) is 7.76. The van der Waals surface area contributed by atoms with Gasteiger partial charge in [0.2, 0.25) is 0 Å². The Morgan fingerprint density at radius 3 is 2.94 bits per heavy atom. The van der Waals surface area contributed by atoms with Gasteiger partial charge < -0.3 is 5.73 Å². The maximum absolute atomic E-state index is 5.96. The summed E-state index contributed by atoms with van der Waals surface area (Å²) in [4.78, 5) is 4.05. The topological polar surface area (TPSA) is 29.3 Å². The lowest BCUT2D eigenvalue weighted by Crippen LogP contribution is -2.31. The molecule has 0 spiro atoms. The molecular weight excluding hydrogens is 216 g/mol. The van der Waals surface area contributed by atoms with Crippen LogP contribution in [0.15, 0.2) is 11.4 Å². The number of thiophene rings is 1. The van der Waals surface area contributed by atoms with Crippen molar-refractivity contribution in [2.75, 3.05) is 19.6 Å². The van der Waals surface area contributed by atoms with E-state index in [1.807, 2.05) is 11.3 Å². The van der Waals surface area contributed by atoms with Gasteiger partial charge in [-0.2, -0.15) is 0 Å². The monoisotopic (exact) mass is 238 g/mol. The third-order valence-corrected chi connectivity index (χ3v) is 4.88. The molecular formula is C13H22N2S. The molecule has 90 valence electrons. The minimum atomic E-state index is 0.455. The van der Waals surface area contributed by atoms with E-state index in [4.69, 9.17) is 5.73 Å². The van der Waals surface area contributed by atoms with E-state index in [1.54, 1.807) is 0 Å². The molecule has 16 heavy (non-hydrogen) atoms. The summed E-state index contributed by atoms with van der Waals surface area (Å²) in [5.41, 5.74) is 7.37. The van der Waals surface area contributed by atoms with Gasteiger partial charge in [-0.05, 0) is 42.8 Å². The number of aryl methyl sites for hydroxylation is 1. The summed E-state index contributed by atoms with van der Waals surface area (Å²) in [6, 6.07) is 2.66. The third-order valence-electron chi connectivity index (χ3n) is 3.76. The van der Waals surface area contributed by atoms with Gasteiger partial charge in [0.25, 0.3) is 0 Å². The van der Waals surface area contributed by atoms with E-state index >= 15 is 0 Å². The standard InChI is InChI=1S/C13H22N2S/c1-3-11-4-6-15(9-11)12(8-14)13-10(2)5-7-16-13/h5,7,11-12H,3-4,6,8-9,14H2,1-2H3. The number of rotatable bonds is 4. The molecule has 2 rings (SSSR count). The molecule has 1 saturated heterocycles. The maximum atomic E-state index is 5.96. The summed E-state index contributed by atoms with van der Waals surface area (Å²) < 4.78 is 0. The van der Waals surface area contributed by atoms with Crippen molar-refractivity contribution in [3.05, 3.63) is 21.9 Å². The Kier molecular flexibility index (Phi) is 4.00. The highest BCUT2D eigenvalue weighted by atomic mass is 32.1. The number of nitrogens with two attached hydrogens (primary N) is 1. The minimum absolute atomic E-state index is 0.455. The molecule has 3 heteroatoms. The van der Waals surface area contributed by atoms with E-state index in [0.29, 0.717) is 6.04 Å². The summed E-state index contributed by atoms with van der Waals surface area (Å²) in [7, 11) is 0. The van der Waals surface area contributed by atoms with Gasteiger partial charge in [-0.1, -0.05) is 13.3 Å². The van der Waals surface area contributed by atoms with Crippen molar-refractivity contribution in [1.82, 2.24) is 4.90 Å². The highest BCUT2D eigenvalue weighted by Gasteiger charge is 2.28. The number of hydrogen-bond acceptors (Lipinski definition) is 3. The van der Waals surface area contributed by atoms with Crippen LogP contribution in [0.3, 0.4) is 0 Å². The summed E-state index contributed by atoms with van der Waals surface area (Å²) in [5.74, 6) is 0.884. The van der Waals surface area contributed by atoms with Gasteiger partial charge in [-0.3, -0.25) is 4.90 Å². The molecule has 1 aliphatic heterocycles. The van der Waals surface area contributed by atoms with E-state index in [1.165, 1.54) is 36.4 Å². The molecule has 1 aliphatic rings. The van der Waals surface area contributed by atoms with Gasteiger partial charge in [0.15, 0.2) is 0 Å². The number of hydrogen-bond donors (Lipinski definition) is 1. The molecule has 2 nitrogen and oxygen atoms in total. The number of likely N-dealkylation sites (tertiary alicyclic amines) is 1. The molecule has 0 saturated carbocycles. The first-order valence-corrected chi connectivity index (χ1v) is 7.12. The predicted molar refractivity (Wildman–Crippen MR) is 70.8 cm³/mol. The number of nitrogens with zero attached hydrogens (tertiary/aromatic N) is 1.